The Morgan fingerprint density at radius 2 is 2.08 bits per heavy atom. The van der Waals surface area contributed by atoms with E-state index in [1.165, 1.54) is 0 Å². The lowest BCUT2D eigenvalue weighted by molar-refractivity contribution is 0.0436. The number of hydrogen-bond acceptors (Lipinski definition) is 4. The molecule has 1 atom stereocenters. The third kappa shape index (κ3) is 2.98. The number of imidazole rings is 1. The van der Waals surface area contributed by atoms with Crippen LogP contribution in [0, 0.1) is 0 Å². The highest BCUT2D eigenvalue weighted by molar-refractivity contribution is 5.60. The van der Waals surface area contributed by atoms with E-state index in [1.54, 1.807) is 12.4 Å². The average Bonchev–Trinajstić information content (AvgIpc) is 3.31. The van der Waals surface area contributed by atoms with E-state index in [4.69, 9.17) is 0 Å². The van der Waals surface area contributed by atoms with E-state index >= 15 is 0 Å². The number of benzene rings is 1. The van der Waals surface area contributed by atoms with Crippen molar-refractivity contribution >= 4 is 0 Å². The van der Waals surface area contributed by atoms with E-state index in [9.17, 15) is 5.11 Å². The predicted molar refractivity (Wildman–Crippen MR) is 91.4 cm³/mol. The molecule has 0 amide bonds. The van der Waals surface area contributed by atoms with Gasteiger partial charge in [-0.1, -0.05) is 24.3 Å². The standard InChI is InChI=1S/C18H21N5O/c24-18(6-8-19-13-18)14-22-11-9-20-17(22)16-5-2-1-4-15(16)12-23-10-3-7-21-23/h1-5,7,9-11,19,24H,6,8,12-14H2. The Bertz CT molecular complexity index is 802. The summed E-state index contributed by atoms with van der Waals surface area (Å²) in [5.41, 5.74) is 1.53. The number of nitrogens with zero attached hydrogens (tertiary/aromatic N) is 4. The summed E-state index contributed by atoms with van der Waals surface area (Å²) in [5.74, 6) is 0.887. The first-order valence-corrected chi connectivity index (χ1v) is 8.23. The molecule has 3 aromatic rings. The monoisotopic (exact) mass is 323 g/mol. The first kappa shape index (κ1) is 15.1. The van der Waals surface area contributed by atoms with Gasteiger partial charge < -0.3 is 15.0 Å². The molecule has 0 aliphatic carbocycles. The van der Waals surface area contributed by atoms with Crippen molar-refractivity contribution in [3.63, 3.8) is 0 Å². The Labute approximate surface area is 140 Å². The second-order valence-electron chi connectivity index (χ2n) is 6.39. The van der Waals surface area contributed by atoms with Gasteiger partial charge in [-0.25, -0.2) is 4.98 Å². The molecule has 6 heteroatoms. The second-order valence-corrected chi connectivity index (χ2v) is 6.39. The van der Waals surface area contributed by atoms with E-state index in [2.05, 4.69) is 32.1 Å². The highest BCUT2D eigenvalue weighted by Crippen LogP contribution is 2.26. The third-order valence-electron chi connectivity index (χ3n) is 4.55. The zero-order valence-corrected chi connectivity index (χ0v) is 13.5. The molecule has 3 heterocycles. The number of hydrogen-bond donors (Lipinski definition) is 2. The molecule has 0 bridgehead atoms. The second kappa shape index (κ2) is 6.22. The molecular formula is C18H21N5O. The van der Waals surface area contributed by atoms with Gasteiger partial charge in [-0.3, -0.25) is 4.68 Å². The molecule has 1 aliphatic heterocycles. The molecule has 0 saturated carbocycles. The van der Waals surface area contributed by atoms with Crippen molar-refractivity contribution in [1.82, 2.24) is 24.6 Å². The fourth-order valence-electron chi connectivity index (χ4n) is 3.31. The largest absolute Gasteiger partial charge is 0.387 e. The van der Waals surface area contributed by atoms with Gasteiger partial charge in [-0.15, -0.1) is 0 Å². The molecule has 24 heavy (non-hydrogen) atoms. The van der Waals surface area contributed by atoms with Crippen molar-refractivity contribution in [2.45, 2.75) is 25.1 Å². The summed E-state index contributed by atoms with van der Waals surface area (Å²) in [7, 11) is 0. The van der Waals surface area contributed by atoms with Crippen LogP contribution < -0.4 is 5.32 Å². The summed E-state index contributed by atoms with van der Waals surface area (Å²) in [5, 5.41) is 18.2. The molecule has 124 valence electrons. The number of rotatable bonds is 5. The maximum Gasteiger partial charge on any atom is 0.140 e. The minimum atomic E-state index is -0.702. The number of aliphatic hydroxyl groups is 1. The van der Waals surface area contributed by atoms with Gasteiger partial charge in [-0.2, -0.15) is 5.10 Å². The van der Waals surface area contributed by atoms with E-state index < -0.39 is 5.60 Å². The molecule has 6 nitrogen and oxygen atoms in total. The number of β-amino-alcohol motifs (C(OH)–C–C–N with tert-alkyl or cyclic N) is 1. The van der Waals surface area contributed by atoms with Crippen molar-refractivity contribution in [1.29, 1.82) is 0 Å². The Balaban J connectivity index is 1.66. The fourth-order valence-corrected chi connectivity index (χ4v) is 3.31. The molecule has 1 unspecified atom stereocenters. The van der Waals surface area contributed by atoms with Crippen LogP contribution in [0.25, 0.3) is 11.4 Å². The quantitative estimate of drug-likeness (QED) is 0.747. The minimum Gasteiger partial charge on any atom is -0.387 e. The minimum absolute atomic E-state index is 0.547. The summed E-state index contributed by atoms with van der Waals surface area (Å²) in [6.45, 7) is 2.73. The van der Waals surface area contributed by atoms with Gasteiger partial charge in [0.25, 0.3) is 0 Å². The molecule has 1 fully saturated rings. The normalized spacial score (nSPS) is 20.5. The van der Waals surface area contributed by atoms with Crippen molar-refractivity contribution < 1.29 is 5.11 Å². The van der Waals surface area contributed by atoms with Crippen molar-refractivity contribution in [2.24, 2.45) is 0 Å². The summed E-state index contributed by atoms with van der Waals surface area (Å²) in [4.78, 5) is 4.55. The topological polar surface area (TPSA) is 67.9 Å². The van der Waals surface area contributed by atoms with Crippen LogP contribution in [0.3, 0.4) is 0 Å². The molecule has 1 saturated heterocycles. The van der Waals surface area contributed by atoms with Crippen LogP contribution >= 0.6 is 0 Å². The van der Waals surface area contributed by atoms with Gasteiger partial charge in [-0.05, 0) is 24.6 Å². The van der Waals surface area contributed by atoms with Gasteiger partial charge in [0.2, 0.25) is 0 Å². The zero-order chi connectivity index (χ0) is 16.4. The van der Waals surface area contributed by atoms with Crippen LogP contribution in [0.15, 0.2) is 55.1 Å². The lowest BCUT2D eigenvalue weighted by Gasteiger charge is -2.23. The van der Waals surface area contributed by atoms with Crippen molar-refractivity contribution in [3.8, 4) is 11.4 Å². The molecular weight excluding hydrogens is 302 g/mol. The SMILES string of the molecule is OC1(Cn2ccnc2-c2ccccc2Cn2cccn2)CCNC1. The Morgan fingerprint density at radius 1 is 1.17 bits per heavy atom. The first-order chi connectivity index (χ1) is 11.7. The van der Waals surface area contributed by atoms with Gasteiger partial charge in [0.1, 0.15) is 5.82 Å². The van der Waals surface area contributed by atoms with Crippen molar-refractivity contribution in [2.75, 3.05) is 13.1 Å². The van der Waals surface area contributed by atoms with Gasteiger partial charge in [0.05, 0.1) is 18.7 Å². The first-order valence-electron chi connectivity index (χ1n) is 8.23. The lowest BCUT2D eigenvalue weighted by Crippen LogP contribution is -2.36. The molecule has 2 N–H and O–H groups in total. The molecule has 1 aromatic carbocycles. The summed E-state index contributed by atoms with van der Waals surface area (Å²) < 4.78 is 3.95. The molecule has 0 spiro atoms. The molecule has 2 aromatic heterocycles. The maximum atomic E-state index is 10.7. The predicted octanol–water partition coefficient (Wildman–Crippen LogP) is 1.52. The van der Waals surface area contributed by atoms with E-state index in [0.717, 1.165) is 29.9 Å². The Kier molecular flexibility index (Phi) is 3.92. The van der Waals surface area contributed by atoms with Gasteiger partial charge in [0, 0.05) is 36.9 Å². The maximum absolute atomic E-state index is 10.7. The van der Waals surface area contributed by atoms with Crippen LogP contribution in [0.4, 0.5) is 0 Å². The lowest BCUT2D eigenvalue weighted by atomic mass is 10.0. The number of aromatic nitrogens is 4. The number of nitrogens with one attached hydrogen (secondary N) is 1. The molecule has 0 radical (unpaired) electrons. The van der Waals surface area contributed by atoms with Gasteiger partial charge >= 0.3 is 0 Å². The summed E-state index contributed by atoms with van der Waals surface area (Å²) in [6, 6.07) is 10.2. The molecule has 4 rings (SSSR count). The average molecular weight is 323 g/mol. The van der Waals surface area contributed by atoms with Crippen LogP contribution in [0.2, 0.25) is 0 Å². The van der Waals surface area contributed by atoms with Gasteiger partial charge in [0.15, 0.2) is 0 Å². The smallest absolute Gasteiger partial charge is 0.140 e. The van der Waals surface area contributed by atoms with Crippen molar-refractivity contribution in [3.05, 3.63) is 60.7 Å². The highest BCUT2D eigenvalue weighted by atomic mass is 16.3. The van der Waals surface area contributed by atoms with E-state index in [0.29, 0.717) is 19.6 Å². The van der Waals surface area contributed by atoms with Crippen LogP contribution in [0.1, 0.15) is 12.0 Å². The summed E-state index contributed by atoms with van der Waals surface area (Å²) >= 11 is 0. The Morgan fingerprint density at radius 3 is 2.88 bits per heavy atom. The fraction of sp³-hybridized carbons (Fsp3) is 0.333. The summed E-state index contributed by atoms with van der Waals surface area (Å²) in [6.07, 6.45) is 8.24. The zero-order valence-electron chi connectivity index (χ0n) is 13.5. The third-order valence-corrected chi connectivity index (χ3v) is 4.55. The van der Waals surface area contributed by atoms with Crippen LogP contribution in [0.5, 0.6) is 0 Å². The highest BCUT2D eigenvalue weighted by Gasteiger charge is 2.32. The molecule has 1 aliphatic rings. The van der Waals surface area contributed by atoms with E-state index in [-0.39, 0.29) is 0 Å². The van der Waals surface area contributed by atoms with E-state index in [1.807, 2.05) is 35.3 Å². The van der Waals surface area contributed by atoms with Crippen LogP contribution in [-0.2, 0) is 13.1 Å². The Hall–Kier alpha value is -2.44. The van der Waals surface area contributed by atoms with Crippen LogP contribution in [-0.4, -0.2) is 43.1 Å².